The summed E-state index contributed by atoms with van der Waals surface area (Å²) in [5.74, 6) is -3.61. The van der Waals surface area contributed by atoms with Gasteiger partial charge >= 0.3 is 0 Å². The van der Waals surface area contributed by atoms with Crippen molar-refractivity contribution in [2.24, 2.45) is 0 Å². The number of anilines is 1. The van der Waals surface area contributed by atoms with E-state index in [2.05, 4.69) is 5.32 Å². The molecule has 0 aliphatic carbocycles. The number of halogens is 4. The molecule has 0 saturated carbocycles. The molecule has 0 heterocycles. The number of hydrogen-bond acceptors (Lipinski definition) is 1. The first-order chi connectivity index (χ1) is 8.97. The van der Waals surface area contributed by atoms with Gasteiger partial charge in [0.1, 0.15) is 5.82 Å². The Labute approximate surface area is 114 Å². The number of alkyl halides is 2. The molecule has 2 aromatic rings. The van der Waals surface area contributed by atoms with E-state index in [0.29, 0.717) is 0 Å². The first-order valence-corrected chi connectivity index (χ1v) is 5.98. The second-order valence-electron chi connectivity index (χ2n) is 4.08. The fourth-order valence-corrected chi connectivity index (χ4v) is 1.87. The van der Waals surface area contributed by atoms with Gasteiger partial charge in [-0.3, -0.25) is 0 Å². The molecule has 0 aliphatic heterocycles. The van der Waals surface area contributed by atoms with Gasteiger partial charge in [0.15, 0.2) is 0 Å². The van der Waals surface area contributed by atoms with Crippen LogP contribution in [0.2, 0.25) is 5.02 Å². The average molecular weight is 286 g/mol. The molecule has 0 aromatic heterocycles. The second kappa shape index (κ2) is 5.53. The minimum Gasteiger partial charge on any atom is -0.378 e. The number of nitrogens with one attached hydrogen (secondary N) is 1. The molecule has 100 valence electrons. The molecule has 19 heavy (non-hydrogen) atoms. The maximum atomic E-state index is 13.9. The molecule has 2 aromatic carbocycles. The van der Waals surface area contributed by atoms with E-state index in [1.165, 1.54) is 18.2 Å². The van der Waals surface area contributed by atoms with Crippen molar-refractivity contribution in [3.05, 3.63) is 64.9 Å². The summed E-state index contributed by atoms with van der Waals surface area (Å²) in [6.07, 6.45) is 0. The lowest BCUT2D eigenvalue weighted by Crippen LogP contribution is -2.24. The summed E-state index contributed by atoms with van der Waals surface area (Å²) in [7, 11) is 0. The predicted octanol–water partition coefficient (Wildman–Crippen LogP) is 4.68. The van der Waals surface area contributed by atoms with Crippen LogP contribution in [0, 0.1) is 5.82 Å². The lowest BCUT2D eigenvalue weighted by atomic mass is 10.1. The standard InChI is InChI=1S/C14H11ClF3N/c15-11-6-12(16)8-13(7-11)19-9-14(17,18)10-4-2-1-3-5-10/h1-8,19H,9H2. The SMILES string of the molecule is Fc1cc(Cl)cc(NCC(F)(F)c2ccccc2)c1. The van der Waals surface area contributed by atoms with Crippen LogP contribution < -0.4 is 5.32 Å². The van der Waals surface area contributed by atoms with Gasteiger partial charge in [-0.15, -0.1) is 0 Å². The van der Waals surface area contributed by atoms with Crippen LogP contribution in [-0.2, 0) is 5.92 Å². The van der Waals surface area contributed by atoms with Crippen molar-refractivity contribution in [3.63, 3.8) is 0 Å². The first kappa shape index (κ1) is 13.7. The van der Waals surface area contributed by atoms with Gasteiger partial charge < -0.3 is 5.32 Å². The number of benzene rings is 2. The lowest BCUT2D eigenvalue weighted by Gasteiger charge is -2.18. The predicted molar refractivity (Wildman–Crippen MR) is 70.2 cm³/mol. The molecule has 0 fully saturated rings. The van der Waals surface area contributed by atoms with Gasteiger partial charge in [0.05, 0.1) is 6.54 Å². The van der Waals surface area contributed by atoms with Gasteiger partial charge in [0, 0.05) is 16.3 Å². The molecule has 0 amide bonds. The third-order valence-electron chi connectivity index (χ3n) is 2.57. The van der Waals surface area contributed by atoms with E-state index in [1.54, 1.807) is 18.2 Å². The molecule has 0 atom stereocenters. The Morgan fingerprint density at radius 3 is 2.37 bits per heavy atom. The minimum absolute atomic E-state index is 0.0926. The van der Waals surface area contributed by atoms with Crippen LogP contribution >= 0.6 is 11.6 Å². The van der Waals surface area contributed by atoms with Crippen LogP contribution in [0.4, 0.5) is 18.9 Å². The van der Waals surface area contributed by atoms with Crippen molar-refractivity contribution in [1.82, 2.24) is 0 Å². The second-order valence-corrected chi connectivity index (χ2v) is 4.52. The fraction of sp³-hybridized carbons (Fsp3) is 0.143. The Hall–Kier alpha value is -1.68. The highest BCUT2D eigenvalue weighted by molar-refractivity contribution is 6.30. The van der Waals surface area contributed by atoms with Crippen LogP contribution in [-0.4, -0.2) is 6.54 Å². The smallest absolute Gasteiger partial charge is 0.290 e. The molecule has 0 unspecified atom stereocenters. The van der Waals surface area contributed by atoms with Crippen LogP contribution in [0.15, 0.2) is 48.5 Å². The van der Waals surface area contributed by atoms with Crippen LogP contribution in [0.3, 0.4) is 0 Å². The first-order valence-electron chi connectivity index (χ1n) is 5.61. The third kappa shape index (κ3) is 3.64. The molecule has 1 N–H and O–H groups in total. The molecular weight excluding hydrogens is 275 g/mol. The van der Waals surface area contributed by atoms with Crippen molar-refractivity contribution < 1.29 is 13.2 Å². The molecule has 1 nitrogen and oxygen atoms in total. The molecule has 0 aliphatic rings. The van der Waals surface area contributed by atoms with E-state index in [-0.39, 0.29) is 16.3 Å². The third-order valence-corrected chi connectivity index (χ3v) is 2.79. The zero-order valence-corrected chi connectivity index (χ0v) is 10.6. The molecule has 0 spiro atoms. The summed E-state index contributed by atoms with van der Waals surface area (Å²) < 4.78 is 40.8. The number of hydrogen-bond donors (Lipinski definition) is 1. The topological polar surface area (TPSA) is 12.0 Å². The molecule has 0 bridgehead atoms. The Morgan fingerprint density at radius 2 is 1.74 bits per heavy atom. The highest BCUT2D eigenvalue weighted by Gasteiger charge is 2.30. The van der Waals surface area contributed by atoms with E-state index in [0.717, 1.165) is 12.1 Å². The quantitative estimate of drug-likeness (QED) is 0.860. The van der Waals surface area contributed by atoms with Crippen LogP contribution in [0.1, 0.15) is 5.56 Å². The average Bonchev–Trinajstić information content (AvgIpc) is 2.37. The van der Waals surface area contributed by atoms with Crippen molar-refractivity contribution in [3.8, 4) is 0 Å². The Morgan fingerprint density at radius 1 is 1.05 bits per heavy atom. The monoisotopic (exact) mass is 285 g/mol. The summed E-state index contributed by atoms with van der Waals surface area (Å²) in [5, 5.41) is 2.65. The van der Waals surface area contributed by atoms with Crippen molar-refractivity contribution in [2.45, 2.75) is 5.92 Å². The molecule has 2 rings (SSSR count). The van der Waals surface area contributed by atoms with Gasteiger partial charge in [0.25, 0.3) is 5.92 Å². The molecule has 0 radical (unpaired) electrons. The Bertz CT molecular complexity index is 538. The van der Waals surface area contributed by atoms with E-state index in [9.17, 15) is 13.2 Å². The normalized spacial score (nSPS) is 11.4. The van der Waals surface area contributed by atoms with Gasteiger partial charge in [-0.05, 0) is 18.2 Å². The highest BCUT2D eigenvalue weighted by atomic mass is 35.5. The Kier molecular flexibility index (Phi) is 4.00. The number of rotatable bonds is 4. The van der Waals surface area contributed by atoms with Crippen molar-refractivity contribution in [2.75, 3.05) is 11.9 Å². The molecule has 5 heteroatoms. The van der Waals surface area contributed by atoms with E-state index < -0.39 is 18.3 Å². The summed E-state index contributed by atoms with van der Waals surface area (Å²) in [6.45, 7) is -0.628. The zero-order valence-electron chi connectivity index (χ0n) is 9.84. The summed E-state index contributed by atoms with van der Waals surface area (Å²) in [5.41, 5.74) is 0.130. The van der Waals surface area contributed by atoms with Crippen molar-refractivity contribution in [1.29, 1.82) is 0 Å². The molecular formula is C14H11ClF3N. The van der Waals surface area contributed by atoms with E-state index >= 15 is 0 Å². The van der Waals surface area contributed by atoms with Gasteiger partial charge in [-0.2, -0.15) is 8.78 Å². The maximum absolute atomic E-state index is 13.9. The minimum atomic E-state index is -3.04. The fourth-order valence-electron chi connectivity index (χ4n) is 1.65. The van der Waals surface area contributed by atoms with E-state index in [1.807, 2.05) is 0 Å². The lowest BCUT2D eigenvalue weighted by molar-refractivity contribution is 0.0106. The largest absolute Gasteiger partial charge is 0.378 e. The van der Waals surface area contributed by atoms with Crippen molar-refractivity contribution >= 4 is 17.3 Å². The van der Waals surface area contributed by atoms with Gasteiger partial charge in [-0.1, -0.05) is 41.9 Å². The highest BCUT2D eigenvalue weighted by Crippen LogP contribution is 2.28. The van der Waals surface area contributed by atoms with Crippen LogP contribution in [0.5, 0.6) is 0 Å². The van der Waals surface area contributed by atoms with Gasteiger partial charge in [0.2, 0.25) is 0 Å². The van der Waals surface area contributed by atoms with E-state index in [4.69, 9.17) is 11.6 Å². The summed E-state index contributed by atoms with van der Waals surface area (Å²) in [4.78, 5) is 0. The Balaban J connectivity index is 2.09. The maximum Gasteiger partial charge on any atom is 0.290 e. The van der Waals surface area contributed by atoms with Crippen LogP contribution in [0.25, 0.3) is 0 Å². The summed E-state index contributed by atoms with van der Waals surface area (Å²) >= 11 is 5.65. The zero-order chi connectivity index (χ0) is 13.9. The summed E-state index contributed by atoms with van der Waals surface area (Å²) in [6, 6.07) is 11.1. The van der Waals surface area contributed by atoms with Gasteiger partial charge in [-0.25, -0.2) is 4.39 Å². The molecule has 0 saturated heterocycles.